The average Bonchev–Trinajstić information content (AvgIpc) is 2.57. The van der Waals surface area contributed by atoms with Gasteiger partial charge in [0.05, 0.1) is 0 Å². The van der Waals surface area contributed by atoms with Crippen LogP contribution in [0.25, 0.3) is 0 Å². The minimum absolute atomic E-state index is 0. The smallest absolute Gasteiger partial charge is 0.273 e. The van der Waals surface area contributed by atoms with Crippen molar-refractivity contribution in [2.24, 2.45) is 0 Å². The molecule has 0 fully saturated rings. The van der Waals surface area contributed by atoms with Crippen molar-refractivity contribution in [2.75, 3.05) is 0 Å². The molecule has 0 nitrogen and oxygen atoms in total. The van der Waals surface area contributed by atoms with E-state index in [1.165, 1.54) is 5.57 Å². The van der Waals surface area contributed by atoms with Crippen LogP contribution in [0.4, 0.5) is 0 Å². The maximum Gasteiger partial charge on any atom is 2.00 e. The van der Waals surface area contributed by atoms with Gasteiger partial charge in [-0.05, 0) is 0 Å². The van der Waals surface area contributed by atoms with Crippen molar-refractivity contribution in [3.05, 3.63) is 48.1 Å². The summed E-state index contributed by atoms with van der Waals surface area (Å²) in [5.74, 6) is 0. The van der Waals surface area contributed by atoms with E-state index in [0.717, 1.165) is 12.8 Å². The minimum Gasteiger partial charge on any atom is -0.273 e. The van der Waals surface area contributed by atoms with Crippen molar-refractivity contribution in [1.29, 1.82) is 0 Å². The molecule has 0 spiro atoms. The van der Waals surface area contributed by atoms with Crippen molar-refractivity contribution >= 4 is 0 Å². The van der Waals surface area contributed by atoms with Crippen molar-refractivity contribution in [3.8, 4) is 0 Å². The van der Waals surface area contributed by atoms with Crippen LogP contribution in [0.15, 0.2) is 36.0 Å². The van der Waals surface area contributed by atoms with E-state index in [4.69, 9.17) is 0 Å². The van der Waals surface area contributed by atoms with Gasteiger partial charge in [0.1, 0.15) is 0 Å². The molecular formula is C11H12Fe. The van der Waals surface area contributed by atoms with E-state index in [1.807, 2.05) is 12.2 Å². The fourth-order valence-corrected chi connectivity index (χ4v) is 0.855. The molecule has 0 aromatic rings. The van der Waals surface area contributed by atoms with Crippen LogP contribution in [0.5, 0.6) is 0 Å². The van der Waals surface area contributed by atoms with E-state index < -0.39 is 0 Å². The van der Waals surface area contributed by atoms with Crippen LogP contribution in [-0.2, 0) is 17.1 Å². The molecule has 0 radical (unpaired) electrons. The number of hydrogen-bond donors (Lipinski definition) is 0. The molecule has 2 rings (SSSR count). The molecule has 2 aliphatic rings. The molecular weight excluding hydrogens is 188 g/mol. The fraction of sp³-hybridized carbons (Fsp3) is 0.273. The molecule has 0 amide bonds. The van der Waals surface area contributed by atoms with Gasteiger partial charge in [0, 0.05) is 0 Å². The summed E-state index contributed by atoms with van der Waals surface area (Å²) in [6, 6.07) is 0. The summed E-state index contributed by atoms with van der Waals surface area (Å²) in [6.07, 6.45) is 18.3. The van der Waals surface area contributed by atoms with Gasteiger partial charge in [0.2, 0.25) is 0 Å². The van der Waals surface area contributed by atoms with Gasteiger partial charge in [-0.15, -0.1) is 12.8 Å². The van der Waals surface area contributed by atoms with Crippen LogP contribution in [0.2, 0.25) is 0 Å². The van der Waals surface area contributed by atoms with E-state index in [1.54, 1.807) is 0 Å². The third-order valence-electron chi connectivity index (χ3n) is 1.45. The van der Waals surface area contributed by atoms with E-state index in [-0.39, 0.29) is 17.1 Å². The van der Waals surface area contributed by atoms with Crippen LogP contribution < -0.4 is 0 Å². The first-order valence-corrected chi connectivity index (χ1v) is 3.85. The first-order valence-electron chi connectivity index (χ1n) is 3.85. The first-order chi connectivity index (χ1) is 5.39. The van der Waals surface area contributed by atoms with Crippen molar-refractivity contribution < 1.29 is 17.1 Å². The topological polar surface area (TPSA) is 0 Å². The van der Waals surface area contributed by atoms with Gasteiger partial charge in [0.15, 0.2) is 0 Å². The SMILES string of the molecule is CC1=[C-]CC=C1.[C-]1=CC=CC1.[Fe+2]. The summed E-state index contributed by atoms with van der Waals surface area (Å²) in [5, 5.41) is 0. The summed E-state index contributed by atoms with van der Waals surface area (Å²) < 4.78 is 0. The van der Waals surface area contributed by atoms with Gasteiger partial charge in [-0.25, -0.2) is 23.8 Å². The molecule has 0 aromatic heterocycles. The molecule has 2 aliphatic carbocycles. The Morgan fingerprint density at radius 2 is 2.08 bits per heavy atom. The molecule has 1 heteroatoms. The third-order valence-corrected chi connectivity index (χ3v) is 1.45. The Morgan fingerprint density at radius 3 is 2.25 bits per heavy atom. The molecule has 0 atom stereocenters. The third kappa shape index (κ3) is 5.17. The predicted molar refractivity (Wildman–Crippen MR) is 47.8 cm³/mol. The van der Waals surface area contributed by atoms with E-state index in [0.29, 0.717) is 0 Å². The quantitative estimate of drug-likeness (QED) is 0.416. The monoisotopic (exact) mass is 200 g/mol. The first kappa shape index (κ1) is 11.5. The van der Waals surface area contributed by atoms with Crippen LogP contribution in [-0.4, -0.2) is 0 Å². The summed E-state index contributed by atoms with van der Waals surface area (Å²) in [7, 11) is 0. The molecule has 0 heterocycles. The van der Waals surface area contributed by atoms with Crippen molar-refractivity contribution in [3.63, 3.8) is 0 Å². The zero-order chi connectivity index (χ0) is 7.94. The van der Waals surface area contributed by atoms with Gasteiger partial charge in [-0.1, -0.05) is 6.92 Å². The van der Waals surface area contributed by atoms with Gasteiger partial charge < -0.3 is 0 Å². The molecule has 64 valence electrons. The van der Waals surface area contributed by atoms with Crippen LogP contribution in [0, 0.1) is 12.2 Å². The summed E-state index contributed by atoms with van der Waals surface area (Å²) in [6.45, 7) is 2.06. The van der Waals surface area contributed by atoms with Gasteiger partial charge in [0.25, 0.3) is 0 Å². The zero-order valence-corrected chi connectivity index (χ0v) is 8.26. The Labute approximate surface area is 85.2 Å². The average molecular weight is 200 g/mol. The summed E-state index contributed by atoms with van der Waals surface area (Å²) >= 11 is 0. The Morgan fingerprint density at radius 1 is 1.25 bits per heavy atom. The fourth-order valence-electron chi connectivity index (χ4n) is 0.855. The molecule has 0 unspecified atom stereocenters. The Hall–Kier alpha value is -0.521. The van der Waals surface area contributed by atoms with Gasteiger partial charge in [-0.2, -0.15) is 12.2 Å². The van der Waals surface area contributed by atoms with E-state index in [2.05, 4.69) is 37.3 Å². The molecule has 0 N–H and O–H groups in total. The molecule has 0 saturated carbocycles. The number of rotatable bonds is 0. The Bertz CT molecular complexity index is 206. The maximum absolute atomic E-state index is 3.12. The molecule has 0 aromatic carbocycles. The van der Waals surface area contributed by atoms with Crippen molar-refractivity contribution in [1.82, 2.24) is 0 Å². The summed E-state index contributed by atoms with van der Waals surface area (Å²) in [4.78, 5) is 0. The largest absolute Gasteiger partial charge is 2.00 e. The second kappa shape index (κ2) is 7.15. The minimum atomic E-state index is 0. The normalized spacial score (nSPS) is 16.6. The van der Waals surface area contributed by atoms with E-state index >= 15 is 0 Å². The molecule has 0 bridgehead atoms. The predicted octanol–water partition coefficient (Wildman–Crippen LogP) is 3.00. The van der Waals surface area contributed by atoms with Gasteiger partial charge >= 0.3 is 17.1 Å². The number of allylic oxidation sites excluding steroid dienone is 8. The second-order valence-corrected chi connectivity index (χ2v) is 2.47. The summed E-state index contributed by atoms with van der Waals surface area (Å²) in [5.41, 5.74) is 1.27. The standard InChI is InChI=1S/C6H7.C5H5.Fe/c1-6-4-2-3-5-6;1-2-4-5-3-1;/h2,4H,3H2,1H3;1-3H,4H2;/q2*-1;+2. The van der Waals surface area contributed by atoms with Gasteiger partial charge in [-0.3, -0.25) is 12.2 Å². The van der Waals surface area contributed by atoms with Crippen molar-refractivity contribution in [2.45, 2.75) is 19.8 Å². The molecule has 0 saturated heterocycles. The second-order valence-electron chi connectivity index (χ2n) is 2.47. The van der Waals surface area contributed by atoms with E-state index in [9.17, 15) is 0 Å². The Balaban J connectivity index is 0.000000189. The Kier molecular flexibility index (Phi) is 6.84. The zero-order valence-electron chi connectivity index (χ0n) is 7.15. The number of hydrogen-bond acceptors (Lipinski definition) is 0. The maximum atomic E-state index is 3.12. The van der Waals surface area contributed by atoms with Crippen LogP contribution in [0.3, 0.4) is 0 Å². The molecule has 0 aliphatic heterocycles. The molecule has 12 heavy (non-hydrogen) atoms. The van der Waals surface area contributed by atoms with Crippen LogP contribution in [0.1, 0.15) is 19.8 Å². The van der Waals surface area contributed by atoms with Crippen LogP contribution >= 0.6 is 0 Å².